The third-order valence-electron chi connectivity index (χ3n) is 4.79. The summed E-state index contributed by atoms with van der Waals surface area (Å²) in [5.41, 5.74) is -1.72. The van der Waals surface area contributed by atoms with Crippen molar-refractivity contribution in [3.8, 4) is 0 Å². The molecule has 11 nitrogen and oxygen atoms in total. The van der Waals surface area contributed by atoms with Gasteiger partial charge in [-0.25, -0.2) is 14.6 Å². The maximum atomic E-state index is 12.7. The zero-order valence-corrected chi connectivity index (χ0v) is 17.9. The molecule has 0 aliphatic carbocycles. The van der Waals surface area contributed by atoms with Gasteiger partial charge in [-0.05, 0) is 19.4 Å². The van der Waals surface area contributed by atoms with Crippen LogP contribution >= 0.6 is 0 Å². The third kappa shape index (κ3) is 6.13. The van der Waals surface area contributed by atoms with Gasteiger partial charge < -0.3 is 19.7 Å². The second kappa shape index (κ2) is 11.6. The lowest BCUT2D eigenvalue weighted by Gasteiger charge is -2.16. The van der Waals surface area contributed by atoms with Crippen molar-refractivity contribution in [3.63, 3.8) is 0 Å². The van der Waals surface area contributed by atoms with Gasteiger partial charge in [0.1, 0.15) is 11.6 Å². The Hall–Kier alpha value is -3.76. The van der Waals surface area contributed by atoms with Crippen molar-refractivity contribution >= 4 is 29.4 Å². The Balaban J connectivity index is 2.26. The number of carbonyl (C=O) groups is 3. The molecular weight excluding hydrogens is 420 g/mol. The topological polar surface area (TPSA) is 154 Å². The van der Waals surface area contributed by atoms with Crippen molar-refractivity contribution in [2.75, 3.05) is 11.9 Å². The molecule has 11 heteroatoms. The molecule has 1 aromatic heterocycles. The van der Waals surface area contributed by atoms with Crippen LogP contribution in [0, 0.1) is 10.1 Å². The molecule has 2 aromatic rings. The number of nitrogens with one attached hydrogen (secondary N) is 1. The van der Waals surface area contributed by atoms with Crippen LogP contribution in [0.4, 0.5) is 11.5 Å². The molecule has 0 saturated heterocycles. The van der Waals surface area contributed by atoms with Gasteiger partial charge in [-0.1, -0.05) is 38.7 Å². The number of hydrogen-bond donors (Lipinski definition) is 2. The lowest BCUT2D eigenvalue weighted by molar-refractivity contribution is -0.385. The number of aromatic carboxylic acids is 1. The molecule has 0 saturated carbocycles. The predicted octanol–water partition coefficient (Wildman–Crippen LogP) is 3.82. The maximum Gasteiger partial charge on any atom is 0.336 e. The zero-order valence-electron chi connectivity index (χ0n) is 17.9. The summed E-state index contributed by atoms with van der Waals surface area (Å²) in [6, 6.07) is 2.71. The number of nitro groups is 1. The molecule has 0 fully saturated rings. The first-order chi connectivity index (χ1) is 15.3. The van der Waals surface area contributed by atoms with Gasteiger partial charge in [-0.15, -0.1) is 0 Å². The third-order valence-corrected chi connectivity index (χ3v) is 4.79. The molecule has 172 valence electrons. The Bertz CT molecular complexity index is 954. The van der Waals surface area contributed by atoms with E-state index in [-0.39, 0.29) is 12.4 Å². The van der Waals surface area contributed by atoms with Gasteiger partial charge in [0.25, 0.3) is 11.6 Å². The summed E-state index contributed by atoms with van der Waals surface area (Å²) in [4.78, 5) is 51.1. The van der Waals surface area contributed by atoms with Crippen molar-refractivity contribution < 1.29 is 29.2 Å². The van der Waals surface area contributed by atoms with Crippen molar-refractivity contribution in [2.24, 2.45) is 0 Å². The van der Waals surface area contributed by atoms with Crippen LogP contribution in [0.2, 0.25) is 0 Å². The van der Waals surface area contributed by atoms with Gasteiger partial charge in [-0.3, -0.25) is 14.9 Å². The number of carbonyl (C=O) groups excluding carboxylic acids is 2. The fourth-order valence-electron chi connectivity index (χ4n) is 3.25. The minimum atomic E-state index is -1.47. The van der Waals surface area contributed by atoms with Crippen molar-refractivity contribution in [1.82, 2.24) is 9.55 Å². The van der Waals surface area contributed by atoms with E-state index in [1.54, 1.807) is 6.92 Å². The number of amides is 1. The number of nitrogens with zero attached hydrogens (tertiary/aromatic N) is 3. The highest BCUT2D eigenvalue weighted by atomic mass is 16.6. The van der Waals surface area contributed by atoms with Crippen LogP contribution in [0.5, 0.6) is 0 Å². The Kier molecular flexibility index (Phi) is 8.87. The van der Waals surface area contributed by atoms with Crippen LogP contribution in [0.15, 0.2) is 30.7 Å². The number of carboxylic acids is 1. The second-order valence-corrected chi connectivity index (χ2v) is 7.04. The van der Waals surface area contributed by atoms with Crippen molar-refractivity contribution in [3.05, 3.63) is 52.0 Å². The van der Waals surface area contributed by atoms with E-state index in [0.29, 0.717) is 6.42 Å². The highest BCUT2D eigenvalue weighted by Gasteiger charge is 2.28. The molecule has 0 spiro atoms. The highest BCUT2D eigenvalue weighted by molar-refractivity contribution is 6.13. The maximum absolute atomic E-state index is 12.7. The number of carboxylic acid groups (broad SMARTS) is 1. The summed E-state index contributed by atoms with van der Waals surface area (Å²) in [6.07, 6.45) is 7.15. The first kappa shape index (κ1) is 24.5. The van der Waals surface area contributed by atoms with Crippen LogP contribution in [0.1, 0.15) is 72.7 Å². The SMILES string of the molecule is CCCCCCC(C(=O)OCC)n1cnc(NC(=O)c2c(C(=O)O)cccc2[N+](=O)[O-])c1. The molecule has 0 aliphatic heterocycles. The molecule has 0 aliphatic rings. The summed E-state index contributed by atoms with van der Waals surface area (Å²) in [5.74, 6) is -2.87. The Morgan fingerprint density at radius 1 is 1.25 bits per heavy atom. The number of ether oxygens (including phenoxy) is 1. The number of esters is 1. The Morgan fingerprint density at radius 2 is 2.00 bits per heavy atom. The molecule has 1 aromatic carbocycles. The monoisotopic (exact) mass is 446 g/mol. The van der Waals surface area contributed by atoms with Crippen LogP contribution in [0.3, 0.4) is 0 Å². The van der Waals surface area contributed by atoms with E-state index in [1.807, 2.05) is 0 Å². The number of aromatic nitrogens is 2. The minimum absolute atomic E-state index is 0.0207. The average Bonchev–Trinajstić information content (AvgIpc) is 3.21. The predicted molar refractivity (Wildman–Crippen MR) is 115 cm³/mol. The Morgan fingerprint density at radius 3 is 2.62 bits per heavy atom. The van der Waals surface area contributed by atoms with E-state index in [4.69, 9.17) is 4.74 Å². The number of unbranched alkanes of at least 4 members (excludes halogenated alkanes) is 3. The summed E-state index contributed by atoms with van der Waals surface area (Å²) in [5, 5.41) is 23.0. The van der Waals surface area contributed by atoms with Gasteiger partial charge in [0.2, 0.25) is 0 Å². The smallest absolute Gasteiger partial charge is 0.336 e. The molecule has 1 heterocycles. The number of imidazole rings is 1. The van der Waals surface area contributed by atoms with Crippen LogP contribution in [-0.4, -0.2) is 44.0 Å². The lowest BCUT2D eigenvalue weighted by atomic mass is 10.0. The molecule has 0 radical (unpaired) electrons. The van der Waals surface area contributed by atoms with E-state index in [9.17, 15) is 29.6 Å². The summed E-state index contributed by atoms with van der Waals surface area (Å²) in [7, 11) is 0. The van der Waals surface area contributed by atoms with Crippen molar-refractivity contribution in [1.29, 1.82) is 0 Å². The average molecular weight is 446 g/mol. The number of anilines is 1. The van der Waals surface area contributed by atoms with E-state index >= 15 is 0 Å². The molecule has 1 atom stereocenters. The first-order valence-electron chi connectivity index (χ1n) is 10.3. The fourth-order valence-corrected chi connectivity index (χ4v) is 3.25. The van der Waals surface area contributed by atoms with Gasteiger partial charge >= 0.3 is 11.9 Å². The second-order valence-electron chi connectivity index (χ2n) is 7.04. The van der Waals surface area contributed by atoms with E-state index in [2.05, 4.69) is 17.2 Å². The molecule has 1 amide bonds. The number of hydrogen-bond acceptors (Lipinski definition) is 7. The van der Waals surface area contributed by atoms with E-state index in [0.717, 1.165) is 37.8 Å². The largest absolute Gasteiger partial charge is 0.478 e. The molecule has 0 bridgehead atoms. The quantitative estimate of drug-likeness (QED) is 0.216. The van der Waals surface area contributed by atoms with Crippen LogP contribution in [0.25, 0.3) is 0 Å². The standard InChI is InChI=1S/C21H26N4O7/c1-3-5-6-7-10-16(21(29)32-4-2)24-12-17(22-13-24)23-19(26)18-14(20(27)28)9-8-11-15(18)25(30)31/h8-9,11-13,16H,3-7,10H2,1-2H3,(H,23,26)(H,27,28). The number of nitro benzene ring substituents is 1. The summed E-state index contributed by atoms with van der Waals surface area (Å²) in [6.45, 7) is 4.01. The fraction of sp³-hybridized carbons (Fsp3) is 0.429. The molecule has 2 rings (SSSR count). The summed E-state index contributed by atoms with van der Waals surface area (Å²) < 4.78 is 6.66. The Labute approximate surface area is 184 Å². The summed E-state index contributed by atoms with van der Waals surface area (Å²) >= 11 is 0. The normalized spacial score (nSPS) is 11.6. The minimum Gasteiger partial charge on any atom is -0.478 e. The van der Waals surface area contributed by atoms with E-state index in [1.165, 1.54) is 23.2 Å². The lowest BCUT2D eigenvalue weighted by Crippen LogP contribution is -2.21. The highest BCUT2D eigenvalue weighted by Crippen LogP contribution is 2.25. The first-order valence-corrected chi connectivity index (χ1v) is 10.3. The molecular formula is C21H26N4O7. The molecule has 2 N–H and O–H groups in total. The van der Waals surface area contributed by atoms with Gasteiger partial charge in [0.15, 0.2) is 5.82 Å². The van der Waals surface area contributed by atoms with Crippen molar-refractivity contribution in [2.45, 2.75) is 52.0 Å². The molecule has 32 heavy (non-hydrogen) atoms. The molecule has 1 unspecified atom stereocenters. The van der Waals surface area contributed by atoms with Gasteiger partial charge in [0.05, 0.1) is 23.4 Å². The van der Waals surface area contributed by atoms with Gasteiger partial charge in [0, 0.05) is 12.3 Å². The number of benzene rings is 1. The zero-order chi connectivity index (χ0) is 23.7. The number of rotatable bonds is 12. The van der Waals surface area contributed by atoms with E-state index < -0.39 is 45.6 Å². The van der Waals surface area contributed by atoms with Gasteiger partial charge in [-0.2, -0.15) is 0 Å². The van der Waals surface area contributed by atoms with Crippen LogP contribution in [-0.2, 0) is 9.53 Å². The van der Waals surface area contributed by atoms with Crippen LogP contribution < -0.4 is 5.32 Å².